The number of carbonyl (C=O) groups excluding carboxylic acids is 2. The SMILES string of the molecule is CC1Cc2cc(/C(O)=C3\C(=O)C(=O)N(Cc4cccs4)C3c3ccccc3F)ccc2O1. The van der Waals surface area contributed by atoms with Crippen LogP contribution in [-0.4, -0.2) is 27.8 Å². The van der Waals surface area contributed by atoms with E-state index in [1.54, 1.807) is 36.4 Å². The van der Waals surface area contributed by atoms with Gasteiger partial charge in [-0.25, -0.2) is 4.39 Å². The summed E-state index contributed by atoms with van der Waals surface area (Å²) in [4.78, 5) is 28.3. The van der Waals surface area contributed by atoms with Crippen molar-refractivity contribution in [2.24, 2.45) is 0 Å². The molecule has 2 aliphatic rings. The summed E-state index contributed by atoms with van der Waals surface area (Å²) in [5.41, 5.74) is 1.38. The van der Waals surface area contributed by atoms with Gasteiger partial charge in [-0.15, -0.1) is 11.3 Å². The number of carbonyl (C=O) groups is 2. The molecular weight excluding hydrogens is 429 g/mol. The van der Waals surface area contributed by atoms with E-state index in [-0.39, 0.29) is 29.5 Å². The van der Waals surface area contributed by atoms with Crippen LogP contribution in [0.2, 0.25) is 0 Å². The van der Waals surface area contributed by atoms with Crippen LogP contribution in [0.4, 0.5) is 4.39 Å². The Labute approximate surface area is 188 Å². The molecule has 0 saturated carbocycles. The van der Waals surface area contributed by atoms with Crippen LogP contribution in [0.5, 0.6) is 5.75 Å². The molecule has 2 aliphatic heterocycles. The summed E-state index contributed by atoms with van der Waals surface area (Å²) in [6.07, 6.45) is 0.706. The molecule has 32 heavy (non-hydrogen) atoms. The lowest BCUT2D eigenvalue weighted by molar-refractivity contribution is -0.140. The number of amides is 1. The summed E-state index contributed by atoms with van der Waals surface area (Å²) in [5.74, 6) is -1.70. The zero-order valence-electron chi connectivity index (χ0n) is 17.2. The van der Waals surface area contributed by atoms with Crippen molar-refractivity contribution >= 4 is 28.8 Å². The van der Waals surface area contributed by atoms with Gasteiger partial charge in [0.2, 0.25) is 0 Å². The fourth-order valence-electron chi connectivity index (χ4n) is 4.36. The molecule has 3 aromatic rings. The number of aliphatic hydroxyl groups excluding tert-OH is 1. The molecule has 0 bridgehead atoms. The van der Waals surface area contributed by atoms with Gasteiger partial charge >= 0.3 is 0 Å². The maximum Gasteiger partial charge on any atom is 0.295 e. The summed E-state index contributed by atoms with van der Waals surface area (Å²) < 4.78 is 20.6. The molecule has 7 heteroatoms. The van der Waals surface area contributed by atoms with E-state index in [0.717, 1.165) is 16.2 Å². The molecule has 162 valence electrons. The normalized spacial score (nSPS) is 21.6. The number of ketones is 1. The Balaban J connectivity index is 1.65. The summed E-state index contributed by atoms with van der Waals surface area (Å²) in [5, 5.41) is 13.1. The van der Waals surface area contributed by atoms with Crippen molar-refractivity contribution in [1.82, 2.24) is 4.90 Å². The summed E-state index contributed by atoms with van der Waals surface area (Å²) >= 11 is 1.44. The first-order valence-electron chi connectivity index (χ1n) is 10.3. The van der Waals surface area contributed by atoms with Gasteiger partial charge in [0, 0.05) is 22.4 Å². The van der Waals surface area contributed by atoms with Gasteiger partial charge in [-0.05, 0) is 48.2 Å². The number of likely N-dealkylation sites (tertiary alicyclic amines) is 1. The molecule has 5 nitrogen and oxygen atoms in total. The number of rotatable bonds is 4. The van der Waals surface area contributed by atoms with Crippen molar-refractivity contribution in [3.05, 3.63) is 92.9 Å². The van der Waals surface area contributed by atoms with Gasteiger partial charge in [-0.1, -0.05) is 24.3 Å². The maximum atomic E-state index is 14.8. The second-order valence-electron chi connectivity index (χ2n) is 7.98. The standard InChI is InChI=1S/C25H20FNO4S/c1-14-11-16-12-15(8-9-20(16)31-14)23(28)21-22(18-6-2-3-7-19(18)26)27(25(30)24(21)29)13-17-5-4-10-32-17/h2-10,12,14,22,28H,11,13H2,1H3/b23-21+. The van der Waals surface area contributed by atoms with Gasteiger partial charge in [0.15, 0.2) is 0 Å². The van der Waals surface area contributed by atoms with Gasteiger partial charge in [0.05, 0.1) is 18.2 Å². The van der Waals surface area contributed by atoms with Gasteiger partial charge in [-0.3, -0.25) is 9.59 Å². The van der Waals surface area contributed by atoms with Crippen LogP contribution in [0.1, 0.15) is 34.5 Å². The Hall–Kier alpha value is -3.45. The van der Waals surface area contributed by atoms with Crippen molar-refractivity contribution in [3.63, 3.8) is 0 Å². The first kappa shape index (κ1) is 20.5. The molecule has 1 saturated heterocycles. The van der Waals surface area contributed by atoms with Gasteiger partial charge in [0.1, 0.15) is 23.4 Å². The lowest BCUT2D eigenvalue weighted by Gasteiger charge is -2.25. The van der Waals surface area contributed by atoms with E-state index in [1.165, 1.54) is 22.3 Å². The van der Waals surface area contributed by atoms with Crippen LogP contribution in [0.3, 0.4) is 0 Å². The predicted octanol–water partition coefficient (Wildman–Crippen LogP) is 4.83. The monoisotopic (exact) mass is 449 g/mol. The Kier molecular flexibility index (Phi) is 5.06. The highest BCUT2D eigenvalue weighted by Gasteiger charge is 2.47. The van der Waals surface area contributed by atoms with E-state index < -0.39 is 23.5 Å². The topological polar surface area (TPSA) is 66.8 Å². The number of Topliss-reactive ketones (excluding diaryl/α,β-unsaturated/α-hetero) is 1. The first-order chi connectivity index (χ1) is 15.4. The lowest BCUT2D eigenvalue weighted by Crippen LogP contribution is -2.29. The molecule has 1 fully saturated rings. The van der Waals surface area contributed by atoms with Crippen LogP contribution in [-0.2, 0) is 22.6 Å². The van der Waals surface area contributed by atoms with Crippen molar-refractivity contribution in [3.8, 4) is 5.75 Å². The smallest absolute Gasteiger partial charge is 0.295 e. The van der Waals surface area contributed by atoms with Gasteiger partial charge < -0.3 is 14.7 Å². The molecule has 3 heterocycles. The van der Waals surface area contributed by atoms with Crippen LogP contribution in [0.25, 0.3) is 5.76 Å². The second-order valence-corrected chi connectivity index (χ2v) is 9.02. The minimum atomic E-state index is -1.03. The minimum absolute atomic E-state index is 0.0252. The molecule has 0 aliphatic carbocycles. The molecule has 2 atom stereocenters. The van der Waals surface area contributed by atoms with E-state index in [0.29, 0.717) is 12.0 Å². The number of aliphatic hydroxyl groups is 1. The zero-order valence-corrected chi connectivity index (χ0v) is 18.1. The lowest BCUT2D eigenvalue weighted by atomic mass is 9.94. The molecule has 2 unspecified atom stereocenters. The van der Waals surface area contributed by atoms with Crippen molar-refractivity contribution < 1.29 is 23.8 Å². The number of nitrogens with zero attached hydrogens (tertiary/aromatic N) is 1. The fraction of sp³-hybridized carbons (Fsp3) is 0.200. The average Bonchev–Trinajstić information content (AvgIpc) is 3.48. The number of benzene rings is 2. The molecule has 1 amide bonds. The molecule has 5 rings (SSSR count). The summed E-state index contributed by atoms with van der Waals surface area (Å²) in [6, 6.07) is 13.9. The number of hydrogen-bond donors (Lipinski definition) is 1. The largest absolute Gasteiger partial charge is 0.507 e. The summed E-state index contributed by atoms with van der Waals surface area (Å²) in [6.45, 7) is 2.10. The van der Waals surface area contributed by atoms with Gasteiger partial charge in [0.25, 0.3) is 11.7 Å². The van der Waals surface area contributed by atoms with Crippen LogP contribution in [0.15, 0.2) is 65.6 Å². The third kappa shape index (κ3) is 3.39. The molecular formula is C25H20FNO4S. The van der Waals surface area contributed by atoms with Crippen LogP contribution in [0, 0.1) is 5.82 Å². The summed E-state index contributed by atoms with van der Waals surface area (Å²) in [7, 11) is 0. The number of ether oxygens (including phenoxy) is 1. The highest BCUT2D eigenvalue weighted by Crippen LogP contribution is 2.42. The maximum absolute atomic E-state index is 14.8. The van der Waals surface area contributed by atoms with Crippen LogP contribution >= 0.6 is 11.3 Å². The van der Waals surface area contributed by atoms with Crippen LogP contribution < -0.4 is 4.74 Å². The van der Waals surface area contributed by atoms with E-state index in [1.807, 2.05) is 24.4 Å². The third-order valence-electron chi connectivity index (χ3n) is 5.82. The Bertz CT molecular complexity index is 1250. The van der Waals surface area contributed by atoms with E-state index in [2.05, 4.69) is 0 Å². The molecule has 1 aromatic heterocycles. The quantitative estimate of drug-likeness (QED) is 0.352. The van der Waals surface area contributed by atoms with Gasteiger partial charge in [-0.2, -0.15) is 0 Å². The second kappa shape index (κ2) is 7.91. The number of thiophene rings is 1. The first-order valence-corrected chi connectivity index (χ1v) is 11.2. The fourth-order valence-corrected chi connectivity index (χ4v) is 5.06. The minimum Gasteiger partial charge on any atom is -0.507 e. The Morgan fingerprint density at radius 3 is 2.75 bits per heavy atom. The van der Waals surface area contributed by atoms with Crippen molar-refractivity contribution in [2.75, 3.05) is 0 Å². The molecule has 2 aromatic carbocycles. The number of hydrogen-bond acceptors (Lipinski definition) is 5. The number of halogens is 1. The van der Waals surface area contributed by atoms with Crippen molar-refractivity contribution in [1.29, 1.82) is 0 Å². The molecule has 0 spiro atoms. The Morgan fingerprint density at radius 1 is 1.19 bits per heavy atom. The van der Waals surface area contributed by atoms with E-state index in [9.17, 15) is 19.1 Å². The highest BCUT2D eigenvalue weighted by molar-refractivity contribution is 7.09. The van der Waals surface area contributed by atoms with E-state index in [4.69, 9.17) is 4.74 Å². The van der Waals surface area contributed by atoms with Crippen molar-refractivity contribution in [2.45, 2.75) is 32.0 Å². The van der Waals surface area contributed by atoms with E-state index >= 15 is 0 Å². The highest BCUT2D eigenvalue weighted by atomic mass is 32.1. The average molecular weight is 450 g/mol. The molecule has 0 radical (unpaired) electrons. The molecule has 1 N–H and O–H groups in total. The third-order valence-corrected chi connectivity index (χ3v) is 6.68. The zero-order chi connectivity index (χ0) is 22.4. The Morgan fingerprint density at radius 2 is 2.00 bits per heavy atom. The predicted molar refractivity (Wildman–Crippen MR) is 119 cm³/mol. The number of fused-ring (bicyclic) bond motifs is 1.